The Balaban J connectivity index is 1.76. The Bertz CT molecular complexity index is 1270. The quantitative estimate of drug-likeness (QED) is 0.512. The van der Waals surface area contributed by atoms with Crippen molar-refractivity contribution in [1.82, 2.24) is 9.97 Å². The first-order chi connectivity index (χ1) is 14.6. The van der Waals surface area contributed by atoms with Gasteiger partial charge in [-0.1, -0.05) is 18.2 Å². The number of carboxylic acids is 1. The third kappa shape index (κ3) is 3.16. The highest BCUT2D eigenvalue weighted by Crippen LogP contribution is 2.38. The lowest BCUT2D eigenvalue weighted by atomic mass is 10.0. The number of nitrogens with zero attached hydrogens (tertiary/aromatic N) is 3. The molecule has 1 aromatic heterocycles. The highest BCUT2D eigenvalue weighted by atomic mass is 19.1. The summed E-state index contributed by atoms with van der Waals surface area (Å²) in [6.45, 7) is 0.768. The van der Waals surface area contributed by atoms with E-state index in [1.165, 1.54) is 23.8 Å². The van der Waals surface area contributed by atoms with E-state index in [4.69, 9.17) is 9.97 Å². The normalized spacial score (nSPS) is 13.3. The minimum atomic E-state index is -1.01. The first kappa shape index (κ1) is 18.2. The number of hydrogen-bond donors (Lipinski definition) is 1. The molecular weight excluding hydrogens is 381 g/mol. The monoisotopic (exact) mass is 399 g/mol. The highest BCUT2D eigenvalue weighted by Gasteiger charge is 2.24. The number of aromatic carboxylic acids is 1. The molecule has 3 aromatic carbocycles. The second-order valence-corrected chi connectivity index (χ2v) is 7.30. The van der Waals surface area contributed by atoms with Crippen molar-refractivity contribution < 1.29 is 14.3 Å². The molecule has 5 rings (SSSR count). The standard InChI is InChI=1S/C24H18FN3O2/c25-18-10-7-16(8-11-18)22-23(28-13-3-5-15-4-1-2-6-21(15)28)27-20-14-17(24(29)30)9-12-19(20)26-22/h1-2,4,6-12,14H,3,5,13H2,(H,29,30). The van der Waals surface area contributed by atoms with E-state index in [0.29, 0.717) is 22.5 Å². The predicted molar refractivity (Wildman–Crippen MR) is 114 cm³/mol. The van der Waals surface area contributed by atoms with Crippen molar-refractivity contribution >= 4 is 28.5 Å². The van der Waals surface area contributed by atoms with Crippen LogP contribution >= 0.6 is 0 Å². The van der Waals surface area contributed by atoms with Gasteiger partial charge in [0.2, 0.25) is 0 Å². The van der Waals surface area contributed by atoms with Crippen LogP contribution in [0.3, 0.4) is 0 Å². The molecule has 0 saturated heterocycles. The summed E-state index contributed by atoms with van der Waals surface area (Å²) in [6, 6.07) is 19.1. The number of carboxylic acid groups (broad SMARTS) is 1. The van der Waals surface area contributed by atoms with Gasteiger partial charge in [0, 0.05) is 17.8 Å². The van der Waals surface area contributed by atoms with Crippen molar-refractivity contribution in [3.8, 4) is 11.3 Å². The Kier molecular flexibility index (Phi) is 4.39. The van der Waals surface area contributed by atoms with E-state index in [2.05, 4.69) is 17.0 Å². The van der Waals surface area contributed by atoms with Crippen LogP contribution in [0.25, 0.3) is 22.3 Å². The minimum absolute atomic E-state index is 0.163. The molecule has 1 N–H and O–H groups in total. The fraction of sp³-hybridized carbons (Fsp3) is 0.125. The van der Waals surface area contributed by atoms with Crippen molar-refractivity contribution in [2.45, 2.75) is 12.8 Å². The Labute approximate surface area is 172 Å². The molecule has 30 heavy (non-hydrogen) atoms. The van der Waals surface area contributed by atoms with Crippen LogP contribution in [0, 0.1) is 5.82 Å². The molecule has 0 bridgehead atoms. The van der Waals surface area contributed by atoms with E-state index < -0.39 is 5.97 Å². The molecule has 4 aromatic rings. The number of carbonyl (C=O) groups is 1. The summed E-state index contributed by atoms with van der Waals surface area (Å²) in [4.78, 5) is 23.2. The molecule has 0 atom stereocenters. The zero-order chi connectivity index (χ0) is 20.7. The molecular formula is C24H18FN3O2. The summed E-state index contributed by atoms with van der Waals surface area (Å²) in [5.41, 5.74) is 4.96. The summed E-state index contributed by atoms with van der Waals surface area (Å²) in [5, 5.41) is 9.36. The number of rotatable bonds is 3. The van der Waals surface area contributed by atoms with E-state index in [1.54, 1.807) is 24.3 Å². The highest BCUT2D eigenvalue weighted by molar-refractivity contribution is 5.94. The van der Waals surface area contributed by atoms with Crippen LogP contribution in [-0.4, -0.2) is 27.6 Å². The molecule has 0 aliphatic carbocycles. The maximum atomic E-state index is 13.5. The van der Waals surface area contributed by atoms with E-state index in [-0.39, 0.29) is 11.4 Å². The van der Waals surface area contributed by atoms with Crippen molar-refractivity contribution in [2.75, 3.05) is 11.4 Å². The van der Waals surface area contributed by atoms with Gasteiger partial charge < -0.3 is 10.0 Å². The molecule has 1 aliphatic rings. The lowest BCUT2D eigenvalue weighted by molar-refractivity contribution is 0.0697. The summed E-state index contributed by atoms with van der Waals surface area (Å²) in [5.74, 6) is -0.682. The van der Waals surface area contributed by atoms with Crippen LogP contribution < -0.4 is 4.90 Å². The second-order valence-electron chi connectivity index (χ2n) is 7.30. The molecule has 0 spiro atoms. The zero-order valence-electron chi connectivity index (χ0n) is 16.0. The number of aryl methyl sites for hydroxylation is 1. The SMILES string of the molecule is O=C(O)c1ccc2nc(-c3ccc(F)cc3)c(N3CCCc4ccccc43)nc2c1. The van der Waals surface area contributed by atoms with Gasteiger partial charge in [0.25, 0.3) is 0 Å². The maximum Gasteiger partial charge on any atom is 0.335 e. The Morgan fingerprint density at radius 3 is 2.57 bits per heavy atom. The molecule has 0 radical (unpaired) electrons. The summed E-state index contributed by atoms with van der Waals surface area (Å²) >= 11 is 0. The molecule has 5 nitrogen and oxygen atoms in total. The Morgan fingerprint density at radius 2 is 1.77 bits per heavy atom. The van der Waals surface area contributed by atoms with Crippen LogP contribution in [0.1, 0.15) is 22.3 Å². The molecule has 0 fully saturated rings. The summed E-state index contributed by atoms with van der Waals surface area (Å²) in [7, 11) is 0. The van der Waals surface area contributed by atoms with Gasteiger partial charge >= 0.3 is 5.97 Å². The predicted octanol–water partition coefficient (Wildman–Crippen LogP) is 5.22. The van der Waals surface area contributed by atoms with Gasteiger partial charge in [-0.15, -0.1) is 0 Å². The van der Waals surface area contributed by atoms with Crippen LogP contribution in [0.5, 0.6) is 0 Å². The lowest BCUT2D eigenvalue weighted by Gasteiger charge is -2.31. The van der Waals surface area contributed by atoms with Gasteiger partial charge in [-0.25, -0.2) is 19.2 Å². The van der Waals surface area contributed by atoms with Crippen LogP contribution in [0.4, 0.5) is 15.9 Å². The van der Waals surface area contributed by atoms with Gasteiger partial charge in [-0.05, 0) is 66.9 Å². The molecule has 0 saturated carbocycles. The molecule has 0 amide bonds. The zero-order valence-corrected chi connectivity index (χ0v) is 16.0. The third-order valence-electron chi connectivity index (χ3n) is 5.38. The number of anilines is 2. The number of halogens is 1. The van der Waals surface area contributed by atoms with Crippen LogP contribution in [-0.2, 0) is 6.42 Å². The molecule has 0 unspecified atom stereocenters. The van der Waals surface area contributed by atoms with Gasteiger partial charge in [-0.2, -0.15) is 0 Å². The average molecular weight is 399 g/mol. The number of hydrogen-bond acceptors (Lipinski definition) is 4. The number of fused-ring (bicyclic) bond motifs is 2. The van der Waals surface area contributed by atoms with Crippen molar-refractivity contribution in [2.24, 2.45) is 0 Å². The Hall–Kier alpha value is -3.80. The van der Waals surface area contributed by atoms with Crippen molar-refractivity contribution in [3.63, 3.8) is 0 Å². The average Bonchev–Trinajstić information content (AvgIpc) is 2.78. The third-order valence-corrected chi connectivity index (χ3v) is 5.38. The molecule has 1 aliphatic heterocycles. The first-order valence-corrected chi connectivity index (χ1v) is 9.76. The summed E-state index contributed by atoms with van der Waals surface area (Å²) < 4.78 is 13.5. The van der Waals surface area contributed by atoms with E-state index in [1.807, 2.05) is 12.1 Å². The largest absolute Gasteiger partial charge is 0.478 e. The minimum Gasteiger partial charge on any atom is -0.478 e. The van der Waals surface area contributed by atoms with E-state index >= 15 is 0 Å². The second kappa shape index (κ2) is 7.22. The molecule has 6 heteroatoms. The van der Waals surface area contributed by atoms with Gasteiger partial charge in [-0.3, -0.25) is 0 Å². The van der Waals surface area contributed by atoms with Crippen LogP contribution in [0.15, 0.2) is 66.7 Å². The first-order valence-electron chi connectivity index (χ1n) is 9.76. The lowest BCUT2D eigenvalue weighted by Crippen LogP contribution is -2.26. The van der Waals surface area contributed by atoms with E-state index in [0.717, 1.165) is 30.6 Å². The van der Waals surface area contributed by atoms with Gasteiger partial charge in [0.15, 0.2) is 5.82 Å². The van der Waals surface area contributed by atoms with Crippen molar-refractivity contribution in [3.05, 3.63) is 83.7 Å². The fourth-order valence-electron chi connectivity index (χ4n) is 3.92. The number of para-hydroxylation sites is 1. The fourth-order valence-corrected chi connectivity index (χ4v) is 3.92. The van der Waals surface area contributed by atoms with E-state index in [9.17, 15) is 14.3 Å². The summed E-state index contributed by atoms with van der Waals surface area (Å²) in [6.07, 6.45) is 1.96. The van der Waals surface area contributed by atoms with Crippen molar-refractivity contribution in [1.29, 1.82) is 0 Å². The maximum absolute atomic E-state index is 13.5. The smallest absolute Gasteiger partial charge is 0.335 e. The topological polar surface area (TPSA) is 66.3 Å². The molecule has 148 valence electrons. The molecule has 2 heterocycles. The number of benzene rings is 3. The van der Waals surface area contributed by atoms with Gasteiger partial charge in [0.05, 0.1) is 16.6 Å². The van der Waals surface area contributed by atoms with Crippen LogP contribution in [0.2, 0.25) is 0 Å². The Morgan fingerprint density at radius 1 is 0.967 bits per heavy atom. The number of aromatic nitrogens is 2. The van der Waals surface area contributed by atoms with Gasteiger partial charge in [0.1, 0.15) is 11.5 Å².